The molecule has 0 saturated heterocycles. The van der Waals surface area contributed by atoms with E-state index in [-0.39, 0.29) is 11.9 Å². The zero-order valence-corrected chi connectivity index (χ0v) is 18.9. The lowest BCUT2D eigenvalue weighted by atomic mass is 9.91. The molecular weight excluding hydrogens is 406 g/mol. The van der Waals surface area contributed by atoms with E-state index in [1.165, 1.54) is 18.4 Å². The third-order valence-electron chi connectivity index (χ3n) is 6.71. The first-order valence-corrected chi connectivity index (χ1v) is 11.8. The SMILES string of the molecule is Cn1c(-c2ccccc2)nc(-c2ccccc2)c1C(=O)NC(c1ccccc1)C1CCCC1. The highest BCUT2D eigenvalue weighted by Crippen LogP contribution is 2.36. The molecule has 33 heavy (non-hydrogen) atoms. The monoisotopic (exact) mass is 435 g/mol. The average Bonchev–Trinajstić information content (AvgIpc) is 3.52. The van der Waals surface area contributed by atoms with E-state index in [1.807, 2.05) is 78.3 Å². The molecule has 4 aromatic rings. The maximum Gasteiger partial charge on any atom is 0.270 e. The van der Waals surface area contributed by atoms with Gasteiger partial charge in [0.1, 0.15) is 17.2 Å². The van der Waals surface area contributed by atoms with Crippen LogP contribution in [-0.2, 0) is 7.05 Å². The minimum absolute atomic E-state index is 0.0000939. The summed E-state index contributed by atoms with van der Waals surface area (Å²) in [5, 5.41) is 3.41. The van der Waals surface area contributed by atoms with Crippen molar-refractivity contribution in [1.82, 2.24) is 14.9 Å². The Morgan fingerprint density at radius 1 is 0.848 bits per heavy atom. The number of hydrogen-bond acceptors (Lipinski definition) is 2. The van der Waals surface area contributed by atoms with E-state index in [1.54, 1.807) is 0 Å². The Hall–Kier alpha value is -3.66. The number of rotatable bonds is 6. The lowest BCUT2D eigenvalue weighted by Crippen LogP contribution is -2.34. The fourth-order valence-corrected chi connectivity index (χ4v) is 5.04. The van der Waals surface area contributed by atoms with Crippen LogP contribution in [0.15, 0.2) is 91.0 Å². The molecule has 5 rings (SSSR count). The van der Waals surface area contributed by atoms with Crippen molar-refractivity contribution in [3.63, 3.8) is 0 Å². The number of carbonyl (C=O) groups is 1. The van der Waals surface area contributed by atoms with Crippen LogP contribution >= 0.6 is 0 Å². The highest BCUT2D eigenvalue weighted by atomic mass is 16.2. The van der Waals surface area contributed by atoms with Gasteiger partial charge in [0, 0.05) is 18.2 Å². The summed E-state index contributed by atoms with van der Waals surface area (Å²) in [5.41, 5.74) is 4.42. The molecule has 0 aliphatic heterocycles. The van der Waals surface area contributed by atoms with E-state index in [0.717, 1.165) is 29.8 Å². The fraction of sp³-hybridized carbons (Fsp3) is 0.241. The van der Waals surface area contributed by atoms with Gasteiger partial charge in [0.2, 0.25) is 0 Å². The minimum atomic E-state index is -0.0770. The first-order valence-electron chi connectivity index (χ1n) is 11.8. The number of nitrogens with zero attached hydrogens (tertiary/aromatic N) is 2. The quantitative estimate of drug-likeness (QED) is 0.380. The zero-order chi connectivity index (χ0) is 22.6. The lowest BCUT2D eigenvalue weighted by Gasteiger charge is -2.25. The topological polar surface area (TPSA) is 46.9 Å². The van der Waals surface area contributed by atoms with Crippen molar-refractivity contribution >= 4 is 5.91 Å². The van der Waals surface area contributed by atoms with Crippen molar-refractivity contribution in [2.24, 2.45) is 13.0 Å². The second kappa shape index (κ2) is 9.45. The Labute approximate surface area is 195 Å². The largest absolute Gasteiger partial charge is 0.344 e. The Morgan fingerprint density at radius 2 is 1.39 bits per heavy atom. The van der Waals surface area contributed by atoms with E-state index in [4.69, 9.17) is 4.98 Å². The third kappa shape index (κ3) is 4.34. The molecule has 1 heterocycles. The van der Waals surface area contributed by atoms with Gasteiger partial charge < -0.3 is 9.88 Å². The van der Waals surface area contributed by atoms with Crippen molar-refractivity contribution in [3.05, 3.63) is 102 Å². The molecule has 1 saturated carbocycles. The summed E-state index contributed by atoms with van der Waals surface area (Å²) >= 11 is 0. The molecule has 4 nitrogen and oxygen atoms in total. The van der Waals surface area contributed by atoms with Crippen LogP contribution in [0.4, 0.5) is 0 Å². The van der Waals surface area contributed by atoms with Gasteiger partial charge in [-0.25, -0.2) is 4.98 Å². The van der Waals surface area contributed by atoms with Gasteiger partial charge in [-0.1, -0.05) is 104 Å². The second-order valence-corrected chi connectivity index (χ2v) is 8.83. The van der Waals surface area contributed by atoms with Gasteiger partial charge >= 0.3 is 0 Å². The predicted octanol–water partition coefficient (Wildman–Crippen LogP) is 6.42. The molecule has 166 valence electrons. The molecule has 1 aliphatic carbocycles. The number of imidazole rings is 1. The average molecular weight is 436 g/mol. The smallest absolute Gasteiger partial charge is 0.270 e. The number of amides is 1. The van der Waals surface area contributed by atoms with Gasteiger partial charge in [-0.3, -0.25) is 4.79 Å². The molecule has 0 bridgehead atoms. The van der Waals surface area contributed by atoms with Crippen LogP contribution in [0.2, 0.25) is 0 Å². The summed E-state index contributed by atoms with van der Waals surface area (Å²) in [7, 11) is 1.93. The van der Waals surface area contributed by atoms with Crippen molar-refractivity contribution < 1.29 is 4.79 Å². The molecule has 1 amide bonds. The molecule has 1 aliphatic rings. The summed E-state index contributed by atoms with van der Waals surface area (Å²) in [6.07, 6.45) is 4.74. The van der Waals surface area contributed by atoms with Crippen LogP contribution < -0.4 is 5.32 Å². The molecule has 1 aromatic heterocycles. The number of aromatic nitrogens is 2. The van der Waals surface area contributed by atoms with Crippen LogP contribution in [0.3, 0.4) is 0 Å². The van der Waals surface area contributed by atoms with E-state index in [9.17, 15) is 4.79 Å². The predicted molar refractivity (Wildman–Crippen MR) is 133 cm³/mol. The summed E-state index contributed by atoms with van der Waals surface area (Å²) in [6.45, 7) is 0. The van der Waals surface area contributed by atoms with Crippen molar-refractivity contribution in [3.8, 4) is 22.6 Å². The number of carbonyl (C=O) groups excluding carboxylic acids is 1. The molecule has 1 atom stereocenters. The summed E-state index contributed by atoms with van der Waals surface area (Å²) in [4.78, 5) is 18.8. The van der Waals surface area contributed by atoms with Crippen LogP contribution in [0.1, 0.15) is 47.8 Å². The van der Waals surface area contributed by atoms with E-state index in [0.29, 0.717) is 17.3 Å². The van der Waals surface area contributed by atoms with Crippen LogP contribution in [0.25, 0.3) is 22.6 Å². The molecule has 1 N–H and O–H groups in total. The molecule has 0 radical (unpaired) electrons. The number of benzene rings is 3. The molecule has 1 fully saturated rings. The molecule has 3 aromatic carbocycles. The molecule has 4 heteroatoms. The Morgan fingerprint density at radius 3 is 2.00 bits per heavy atom. The Balaban J connectivity index is 1.57. The third-order valence-corrected chi connectivity index (χ3v) is 6.71. The summed E-state index contributed by atoms with van der Waals surface area (Å²) < 4.78 is 1.93. The van der Waals surface area contributed by atoms with Gasteiger partial charge in [-0.05, 0) is 24.3 Å². The highest BCUT2D eigenvalue weighted by Gasteiger charge is 2.30. The van der Waals surface area contributed by atoms with Gasteiger partial charge in [0.15, 0.2) is 0 Å². The zero-order valence-electron chi connectivity index (χ0n) is 18.9. The van der Waals surface area contributed by atoms with Crippen molar-refractivity contribution in [2.45, 2.75) is 31.7 Å². The van der Waals surface area contributed by atoms with Crippen molar-refractivity contribution in [2.75, 3.05) is 0 Å². The summed E-state index contributed by atoms with van der Waals surface area (Å²) in [6, 6.07) is 30.4. The standard InChI is InChI=1S/C29H29N3O/c1-32-27(29(33)31-25(22-17-11-12-18-22)21-13-5-2-6-14-21)26(23-15-7-3-8-16-23)30-28(32)24-19-9-4-10-20-24/h2-10,13-16,19-20,22,25H,11-12,17-18H2,1H3,(H,31,33). The maximum atomic E-state index is 13.9. The first-order chi connectivity index (χ1) is 16.2. The van der Waals surface area contributed by atoms with Gasteiger partial charge in [0.25, 0.3) is 5.91 Å². The van der Waals surface area contributed by atoms with E-state index < -0.39 is 0 Å². The molecule has 1 unspecified atom stereocenters. The molecular formula is C29H29N3O. The first kappa shape index (κ1) is 21.2. The van der Waals surface area contributed by atoms with Gasteiger partial charge in [0.05, 0.1) is 6.04 Å². The maximum absolute atomic E-state index is 13.9. The van der Waals surface area contributed by atoms with Gasteiger partial charge in [-0.2, -0.15) is 0 Å². The van der Waals surface area contributed by atoms with E-state index in [2.05, 4.69) is 29.6 Å². The Kier molecular flexibility index (Phi) is 6.07. The normalized spacial score (nSPS) is 14.8. The van der Waals surface area contributed by atoms with Crippen LogP contribution in [-0.4, -0.2) is 15.5 Å². The second-order valence-electron chi connectivity index (χ2n) is 8.83. The van der Waals surface area contributed by atoms with Crippen LogP contribution in [0, 0.1) is 5.92 Å². The van der Waals surface area contributed by atoms with E-state index >= 15 is 0 Å². The fourth-order valence-electron chi connectivity index (χ4n) is 5.04. The van der Waals surface area contributed by atoms with Crippen LogP contribution in [0.5, 0.6) is 0 Å². The lowest BCUT2D eigenvalue weighted by molar-refractivity contribution is 0.0914. The minimum Gasteiger partial charge on any atom is -0.344 e. The summed E-state index contributed by atoms with van der Waals surface area (Å²) in [5.74, 6) is 1.17. The number of nitrogens with one attached hydrogen (secondary N) is 1. The van der Waals surface area contributed by atoms with Crippen molar-refractivity contribution in [1.29, 1.82) is 0 Å². The van der Waals surface area contributed by atoms with Gasteiger partial charge in [-0.15, -0.1) is 0 Å². The number of hydrogen-bond donors (Lipinski definition) is 1. The Bertz CT molecular complexity index is 1210. The highest BCUT2D eigenvalue weighted by molar-refractivity contribution is 5.99. The molecule has 0 spiro atoms.